The summed E-state index contributed by atoms with van der Waals surface area (Å²) in [7, 11) is -7.43. The number of aromatic nitrogens is 2. The molecule has 1 N–H and O–H groups in total. The number of nitrogens with one attached hydrogen (secondary N) is 1. The third-order valence-electron chi connectivity index (χ3n) is 4.92. The first-order valence-corrected chi connectivity index (χ1v) is 12.5. The summed E-state index contributed by atoms with van der Waals surface area (Å²) in [6, 6.07) is 14.2. The first kappa shape index (κ1) is 20.6. The van der Waals surface area contributed by atoms with Crippen LogP contribution in [-0.4, -0.2) is 44.0 Å². The molecule has 4 rings (SSSR count). The Hall–Kier alpha value is -2.69. The number of nitrogens with zero attached hydrogens (tertiary/aromatic N) is 3. The summed E-state index contributed by atoms with van der Waals surface area (Å²) in [5.74, 6) is 0. The standard InChI is InChI=1S/C20H22N4O4S2/c25-29(26,22-18-6-3-5-17(15-18)16-23-12-4-11-21-23)19-7-9-20(10-8-19)30(27,28)24-13-1-2-14-24/h3-12,15,22H,1-2,13-14,16H2. The van der Waals surface area contributed by atoms with Crippen molar-refractivity contribution >= 4 is 25.7 Å². The van der Waals surface area contributed by atoms with E-state index in [0.717, 1.165) is 18.4 Å². The lowest BCUT2D eigenvalue weighted by Gasteiger charge is -2.16. The van der Waals surface area contributed by atoms with Crippen LogP contribution in [0.4, 0.5) is 5.69 Å². The molecule has 0 aliphatic carbocycles. The molecule has 30 heavy (non-hydrogen) atoms. The zero-order valence-electron chi connectivity index (χ0n) is 16.2. The predicted octanol–water partition coefficient (Wildman–Crippen LogP) is 2.52. The fourth-order valence-corrected chi connectivity index (χ4v) is 5.96. The van der Waals surface area contributed by atoms with Gasteiger partial charge in [-0.1, -0.05) is 12.1 Å². The summed E-state index contributed by atoms with van der Waals surface area (Å²) in [6.07, 6.45) is 5.19. The van der Waals surface area contributed by atoms with E-state index >= 15 is 0 Å². The van der Waals surface area contributed by atoms with Gasteiger partial charge in [-0.15, -0.1) is 0 Å². The number of benzene rings is 2. The highest BCUT2D eigenvalue weighted by Crippen LogP contribution is 2.23. The first-order chi connectivity index (χ1) is 14.3. The molecule has 158 valence electrons. The van der Waals surface area contributed by atoms with Gasteiger partial charge in [0.15, 0.2) is 0 Å². The quantitative estimate of drug-likeness (QED) is 0.601. The molecule has 1 saturated heterocycles. The highest BCUT2D eigenvalue weighted by Gasteiger charge is 2.27. The Morgan fingerprint density at radius 1 is 0.900 bits per heavy atom. The van der Waals surface area contributed by atoms with E-state index in [0.29, 0.717) is 25.3 Å². The van der Waals surface area contributed by atoms with Crippen LogP contribution < -0.4 is 4.72 Å². The van der Waals surface area contributed by atoms with E-state index in [9.17, 15) is 16.8 Å². The van der Waals surface area contributed by atoms with E-state index < -0.39 is 20.0 Å². The van der Waals surface area contributed by atoms with Crippen molar-refractivity contribution in [1.29, 1.82) is 0 Å². The number of rotatable bonds is 7. The molecule has 8 nitrogen and oxygen atoms in total. The minimum atomic E-state index is -3.85. The molecule has 0 atom stereocenters. The van der Waals surface area contributed by atoms with Gasteiger partial charge in [0.1, 0.15) is 0 Å². The first-order valence-electron chi connectivity index (χ1n) is 9.54. The van der Waals surface area contributed by atoms with Crippen molar-refractivity contribution in [2.24, 2.45) is 0 Å². The second kappa shape index (κ2) is 8.21. The molecule has 2 aromatic carbocycles. The van der Waals surface area contributed by atoms with Gasteiger partial charge in [-0.25, -0.2) is 16.8 Å². The van der Waals surface area contributed by atoms with Gasteiger partial charge < -0.3 is 0 Å². The molecular weight excluding hydrogens is 424 g/mol. The molecule has 0 saturated carbocycles. The normalized spacial score (nSPS) is 15.3. The van der Waals surface area contributed by atoms with Crippen molar-refractivity contribution in [3.8, 4) is 0 Å². The van der Waals surface area contributed by atoms with Gasteiger partial charge >= 0.3 is 0 Å². The maximum Gasteiger partial charge on any atom is 0.261 e. The van der Waals surface area contributed by atoms with Crippen LogP contribution in [-0.2, 0) is 26.6 Å². The SMILES string of the molecule is O=S(=O)(Nc1cccc(Cn2cccn2)c1)c1ccc(S(=O)(=O)N2CCCC2)cc1. The summed E-state index contributed by atoms with van der Waals surface area (Å²) < 4.78 is 56.5. The molecule has 1 fully saturated rings. The summed E-state index contributed by atoms with van der Waals surface area (Å²) in [5, 5.41) is 4.15. The topological polar surface area (TPSA) is 101 Å². The Bertz CT molecular complexity index is 1220. The molecule has 1 aliphatic rings. The molecule has 10 heteroatoms. The van der Waals surface area contributed by atoms with Gasteiger partial charge in [0.05, 0.1) is 16.3 Å². The predicted molar refractivity (Wildman–Crippen MR) is 113 cm³/mol. The lowest BCUT2D eigenvalue weighted by atomic mass is 10.2. The number of anilines is 1. The van der Waals surface area contributed by atoms with E-state index in [1.165, 1.54) is 28.6 Å². The Balaban J connectivity index is 1.51. The van der Waals surface area contributed by atoms with Crippen LogP contribution >= 0.6 is 0 Å². The highest BCUT2D eigenvalue weighted by molar-refractivity contribution is 7.92. The second-order valence-electron chi connectivity index (χ2n) is 7.09. The average molecular weight is 447 g/mol. The molecule has 0 amide bonds. The lowest BCUT2D eigenvalue weighted by Crippen LogP contribution is -2.27. The van der Waals surface area contributed by atoms with Crippen LogP contribution in [0.15, 0.2) is 76.8 Å². The Morgan fingerprint density at radius 3 is 2.27 bits per heavy atom. The van der Waals surface area contributed by atoms with Crippen LogP contribution in [0.2, 0.25) is 0 Å². The molecule has 1 aromatic heterocycles. The zero-order chi connectivity index (χ0) is 21.2. The maximum atomic E-state index is 12.8. The van der Waals surface area contributed by atoms with Crippen LogP contribution in [0, 0.1) is 0 Å². The van der Waals surface area contributed by atoms with Crippen LogP contribution in [0.3, 0.4) is 0 Å². The van der Waals surface area contributed by atoms with Gasteiger partial charge in [-0.3, -0.25) is 9.40 Å². The molecule has 1 aliphatic heterocycles. The van der Waals surface area contributed by atoms with Crippen molar-refractivity contribution in [2.45, 2.75) is 29.2 Å². The van der Waals surface area contributed by atoms with Crippen molar-refractivity contribution < 1.29 is 16.8 Å². The monoisotopic (exact) mass is 446 g/mol. The van der Waals surface area contributed by atoms with Crippen LogP contribution in [0.25, 0.3) is 0 Å². The molecule has 3 aromatic rings. The Labute approximate surface area is 176 Å². The van der Waals surface area contributed by atoms with E-state index in [1.54, 1.807) is 29.1 Å². The minimum Gasteiger partial charge on any atom is -0.280 e. The number of sulfonamides is 2. The summed E-state index contributed by atoms with van der Waals surface area (Å²) in [4.78, 5) is 0.102. The second-order valence-corrected chi connectivity index (χ2v) is 10.7. The third kappa shape index (κ3) is 4.40. The third-order valence-corrected chi connectivity index (χ3v) is 8.23. The molecule has 0 bridgehead atoms. The molecule has 0 spiro atoms. The Morgan fingerprint density at radius 2 is 1.60 bits per heavy atom. The molecule has 0 radical (unpaired) electrons. The summed E-state index contributed by atoms with van der Waals surface area (Å²) >= 11 is 0. The number of hydrogen-bond donors (Lipinski definition) is 1. The van der Waals surface area contributed by atoms with Crippen molar-refractivity contribution in [3.63, 3.8) is 0 Å². The highest BCUT2D eigenvalue weighted by atomic mass is 32.2. The molecule has 0 unspecified atom stereocenters. The smallest absolute Gasteiger partial charge is 0.261 e. The summed E-state index contributed by atoms with van der Waals surface area (Å²) in [5.41, 5.74) is 1.32. The minimum absolute atomic E-state index is 0.000325. The van der Waals surface area contributed by atoms with Gasteiger partial charge in [-0.05, 0) is 60.9 Å². The zero-order valence-corrected chi connectivity index (χ0v) is 17.8. The van der Waals surface area contributed by atoms with Gasteiger partial charge in [0, 0.05) is 31.2 Å². The fraction of sp³-hybridized carbons (Fsp3) is 0.250. The van der Waals surface area contributed by atoms with Crippen molar-refractivity contribution in [3.05, 3.63) is 72.6 Å². The van der Waals surface area contributed by atoms with Crippen molar-refractivity contribution in [1.82, 2.24) is 14.1 Å². The average Bonchev–Trinajstić information content (AvgIpc) is 3.42. The van der Waals surface area contributed by atoms with Gasteiger partial charge in [0.2, 0.25) is 10.0 Å². The largest absolute Gasteiger partial charge is 0.280 e. The van der Waals surface area contributed by atoms with E-state index in [-0.39, 0.29) is 9.79 Å². The van der Waals surface area contributed by atoms with Gasteiger partial charge in [0.25, 0.3) is 10.0 Å². The summed E-state index contributed by atoms with van der Waals surface area (Å²) in [6.45, 7) is 1.52. The van der Waals surface area contributed by atoms with E-state index in [1.807, 2.05) is 18.3 Å². The van der Waals surface area contributed by atoms with Gasteiger partial charge in [-0.2, -0.15) is 9.40 Å². The molecule has 2 heterocycles. The van der Waals surface area contributed by atoms with Crippen LogP contribution in [0.1, 0.15) is 18.4 Å². The van der Waals surface area contributed by atoms with E-state index in [4.69, 9.17) is 0 Å². The fourth-order valence-electron chi connectivity index (χ4n) is 3.40. The Kier molecular flexibility index (Phi) is 5.63. The number of hydrogen-bond acceptors (Lipinski definition) is 5. The van der Waals surface area contributed by atoms with E-state index in [2.05, 4.69) is 9.82 Å². The maximum absolute atomic E-state index is 12.8. The van der Waals surface area contributed by atoms with Crippen LogP contribution in [0.5, 0.6) is 0 Å². The molecular formula is C20H22N4O4S2. The van der Waals surface area contributed by atoms with Crippen molar-refractivity contribution in [2.75, 3.05) is 17.8 Å². The lowest BCUT2D eigenvalue weighted by molar-refractivity contribution is 0.477.